The van der Waals surface area contributed by atoms with Crippen molar-refractivity contribution in [1.29, 1.82) is 0 Å². The van der Waals surface area contributed by atoms with Crippen LogP contribution in [0.2, 0.25) is 0 Å². The van der Waals surface area contributed by atoms with Crippen molar-refractivity contribution in [3.05, 3.63) is 135 Å². The van der Waals surface area contributed by atoms with Crippen molar-refractivity contribution >= 4 is 41.5 Å². The Kier molecular flexibility index (Phi) is 9.03. The molecule has 2 aliphatic carbocycles. The van der Waals surface area contributed by atoms with Crippen molar-refractivity contribution in [2.24, 2.45) is 0 Å². The summed E-state index contributed by atoms with van der Waals surface area (Å²) in [5.74, 6) is 0. The van der Waals surface area contributed by atoms with Crippen molar-refractivity contribution in [2.75, 3.05) is 0 Å². The number of benzene rings is 4. The molecule has 0 radical (unpaired) electrons. The summed E-state index contributed by atoms with van der Waals surface area (Å²) in [6, 6.07) is 35.7. The first-order valence-corrected chi connectivity index (χ1v) is 25.6. The molecule has 0 spiro atoms. The molecule has 0 saturated carbocycles. The van der Waals surface area contributed by atoms with Gasteiger partial charge in [0.15, 0.2) is 0 Å². The number of allylic oxidation sites excluding steroid dienone is 4. The van der Waals surface area contributed by atoms with E-state index in [0.29, 0.717) is 0 Å². The summed E-state index contributed by atoms with van der Waals surface area (Å²) in [4.78, 5) is 0. The van der Waals surface area contributed by atoms with Crippen molar-refractivity contribution in [3.63, 3.8) is 0 Å². The first-order valence-electron chi connectivity index (χ1n) is 14.7. The summed E-state index contributed by atoms with van der Waals surface area (Å²) in [6.07, 6.45) is 9.21. The third kappa shape index (κ3) is 5.01. The number of hydrogen-bond acceptors (Lipinski definition) is 0. The van der Waals surface area contributed by atoms with E-state index in [2.05, 4.69) is 158 Å². The molecule has 0 unspecified atom stereocenters. The van der Waals surface area contributed by atoms with E-state index in [1.807, 2.05) is 0 Å². The Hall–Kier alpha value is -1.96. The van der Waals surface area contributed by atoms with E-state index in [9.17, 15) is 0 Å². The average Bonchev–Trinajstić information content (AvgIpc) is 3.61. The number of fused-ring (bicyclic) bond motifs is 3. The maximum atomic E-state index is 2.66. The SMILES string of the molecule is CC(C)(C)c1ccc2c(c1)-c1cc(C(C)(C)C)c[c]([Zr](=[SiH2])([C]3=CC=CC3)([c]3ccccc3)[c]3ccccc3)c1C2.Cl.Cl. The Morgan fingerprint density at radius 3 is 1.69 bits per heavy atom. The van der Waals surface area contributed by atoms with E-state index in [4.69, 9.17) is 0 Å². The maximum Gasteiger partial charge on any atom is -0.147 e. The van der Waals surface area contributed by atoms with Crippen LogP contribution in [0.1, 0.15) is 70.2 Å². The molecule has 0 atom stereocenters. The smallest absolute Gasteiger partial charge is 0.147 e. The van der Waals surface area contributed by atoms with Gasteiger partial charge in [0.25, 0.3) is 0 Å². The summed E-state index contributed by atoms with van der Waals surface area (Å²) < 4.78 is 6.38. The van der Waals surface area contributed by atoms with Gasteiger partial charge in [0.2, 0.25) is 0 Å². The second kappa shape index (κ2) is 11.5. The van der Waals surface area contributed by atoms with Gasteiger partial charge in [0.1, 0.15) is 0 Å². The Labute approximate surface area is 268 Å². The minimum absolute atomic E-state index is 0. The zero-order valence-electron chi connectivity index (χ0n) is 25.8. The van der Waals surface area contributed by atoms with Gasteiger partial charge in [-0.15, -0.1) is 24.8 Å². The molecule has 0 aliphatic heterocycles. The molecule has 0 nitrogen and oxygen atoms in total. The molecule has 4 aromatic rings. The van der Waals surface area contributed by atoms with E-state index < -0.39 is 17.4 Å². The van der Waals surface area contributed by atoms with Gasteiger partial charge in [-0.25, -0.2) is 0 Å². The Morgan fingerprint density at radius 2 is 1.19 bits per heavy atom. The molecular weight excluding hydrogens is 647 g/mol. The van der Waals surface area contributed by atoms with Crippen LogP contribution in [-0.2, 0) is 34.6 Å². The van der Waals surface area contributed by atoms with Crippen LogP contribution < -0.4 is 9.81 Å². The van der Waals surface area contributed by atoms with Crippen LogP contribution in [0.4, 0.5) is 0 Å². The summed E-state index contributed by atoms with van der Waals surface area (Å²) in [5.41, 5.74) is 8.97. The first-order chi connectivity index (χ1) is 18.9. The Morgan fingerprint density at radius 1 is 0.643 bits per heavy atom. The van der Waals surface area contributed by atoms with Crippen LogP contribution in [0.25, 0.3) is 11.1 Å². The van der Waals surface area contributed by atoms with Crippen molar-refractivity contribution in [2.45, 2.75) is 65.2 Å². The van der Waals surface area contributed by atoms with Crippen molar-refractivity contribution in [1.82, 2.24) is 0 Å². The van der Waals surface area contributed by atoms with E-state index in [1.54, 1.807) is 18.7 Å². The third-order valence-corrected chi connectivity index (χ3v) is 35.7. The first kappa shape index (κ1) is 32.9. The van der Waals surface area contributed by atoms with Gasteiger partial charge in [0.05, 0.1) is 0 Å². The molecule has 6 rings (SSSR count). The van der Waals surface area contributed by atoms with Crippen LogP contribution in [0.3, 0.4) is 0 Å². The molecule has 0 bridgehead atoms. The fraction of sp³-hybridized carbons (Fsp3) is 0.263. The summed E-state index contributed by atoms with van der Waals surface area (Å²) in [7, 11) is 0. The molecule has 0 fully saturated rings. The Bertz CT molecular complexity index is 1710. The monoisotopic (exact) mass is 688 g/mol. The molecule has 4 aromatic carbocycles. The molecule has 0 aromatic heterocycles. The minimum Gasteiger partial charge on any atom is -0.147 e. The van der Waals surface area contributed by atoms with Gasteiger partial charge in [-0.3, -0.25) is 0 Å². The molecule has 42 heavy (non-hydrogen) atoms. The second-order valence-electron chi connectivity index (χ2n) is 14.1. The van der Waals surface area contributed by atoms with E-state index in [-0.39, 0.29) is 35.6 Å². The molecule has 0 N–H and O–H groups in total. The molecule has 0 amide bonds. The van der Waals surface area contributed by atoms with E-state index >= 15 is 0 Å². The third-order valence-electron chi connectivity index (χ3n) is 9.65. The van der Waals surface area contributed by atoms with Crippen molar-refractivity contribution in [3.8, 4) is 11.1 Å². The number of rotatable bonds is 4. The van der Waals surface area contributed by atoms with Gasteiger partial charge >= 0.3 is 245 Å². The zero-order valence-corrected chi connectivity index (χ0v) is 31.3. The van der Waals surface area contributed by atoms with Crippen LogP contribution in [-0.4, -0.2) is 6.88 Å². The molecule has 0 saturated heterocycles. The van der Waals surface area contributed by atoms with Crippen LogP contribution >= 0.6 is 24.8 Å². The molecule has 218 valence electrons. The zero-order chi connectivity index (χ0) is 28.4. The van der Waals surface area contributed by atoms with Gasteiger partial charge in [-0.05, 0) is 0 Å². The van der Waals surface area contributed by atoms with Crippen LogP contribution in [0, 0.1) is 0 Å². The van der Waals surface area contributed by atoms with Crippen molar-refractivity contribution < 1.29 is 17.4 Å². The van der Waals surface area contributed by atoms with Crippen LogP contribution in [0.5, 0.6) is 0 Å². The predicted octanol–water partition coefficient (Wildman–Crippen LogP) is 8.05. The summed E-state index contributed by atoms with van der Waals surface area (Å²) in [5, 5.41) is 0. The Balaban J connectivity index is 0.00000202. The van der Waals surface area contributed by atoms with Gasteiger partial charge < -0.3 is 0 Å². The average molecular weight is 691 g/mol. The van der Waals surface area contributed by atoms with Gasteiger partial charge in [-0.2, -0.15) is 0 Å². The fourth-order valence-corrected chi connectivity index (χ4v) is 28.8. The molecule has 2 aliphatic rings. The normalized spacial score (nSPS) is 14.4. The summed E-state index contributed by atoms with van der Waals surface area (Å²) in [6.45, 7) is 16.5. The minimum atomic E-state index is -4.38. The molecular formula is C38H44Cl2SiZr. The number of hydrogen-bond donors (Lipinski definition) is 0. The number of halogens is 2. The largest absolute Gasteiger partial charge is 0.147 e. The van der Waals surface area contributed by atoms with Gasteiger partial charge in [0, 0.05) is 0 Å². The van der Waals surface area contributed by atoms with Crippen LogP contribution in [0.15, 0.2) is 113 Å². The topological polar surface area (TPSA) is 0 Å². The summed E-state index contributed by atoms with van der Waals surface area (Å²) >= 11 is -4.38. The molecule has 4 heteroatoms. The maximum absolute atomic E-state index is 4.38. The van der Waals surface area contributed by atoms with Gasteiger partial charge in [-0.1, -0.05) is 0 Å². The quantitative estimate of drug-likeness (QED) is 0.168. The van der Waals surface area contributed by atoms with E-state index in [1.165, 1.54) is 27.8 Å². The van der Waals surface area contributed by atoms with E-state index in [0.717, 1.165) is 12.8 Å². The predicted molar refractivity (Wildman–Crippen MR) is 189 cm³/mol. The molecule has 0 heterocycles. The standard InChI is InChI=1S/C21H25.2C6H5.C5H5.2ClH.H2Si.Zr/c1-20(2,3)16-9-7-14-11-15-8-10-17(21(4,5)6)13-19(15)18(14)12-16;2*1-2-4-6-5-3-1;1-2-4-5-3-1;;;;/h7,9-10,12-13H,11H2,1-6H3;2*1-5H;1-3H,4H2;2*1H;1H2;. The fourth-order valence-electron chi connectivity index (χ4n) is 7.16. The second-order valence-corrected chi connectivity index (χ2v) is 35.4.